The van der Waals surface area contributed by atoms with Crippen LogP contribution in [0.2, 0.25) is 5.02 Å². The van der Waals surface area contributed by atoms with Crippen LogP contribution in [-0.4, -0.2) is 44.4 Å². The zero-order chi connectivity index (χ0) is 21.4. The van der Waals surface area contributed by atoms with Crippen LogP contribution in [0, 0.1) is 5.82 Å². The van der Waals surface area contributed by atoms with Gasteiger partial charge in [0.25, 0.3) is 5.56 Å². The van der Waals surface area contributed by atoms with Crippen molar-refractivity contribution >= 4 is 34.5 Å². The van der Waals surface area contributed by atoms with Crippen LogP contribution in [0.15, 0.2) is 35.4 Å². The molecule has 3 aromatic rings. The second-order valence-electron chi connectivity index (χ2n) is 7.45. The van der Waals surface area contributed by atoms with Crippen molar-refractivity contribution in [1.82, 2.24) is 19.4 Å². The van der Waals surface area contributed by atoms with Crippen LogP contribution >= 0.6 is 11.6 Å². The van der Waals surface area contributed by atoms with Crippen molar-refractivity contribution in [1.29, 1.82) is 0 Å². The van der Waals surface area contributed by atoms with Crippen molar-refractivity contribution in [2.75, 3.05) is 18.0 Å². The number of anilines is 1. The highest BCUT2D eigenvalue weighted by Gasteiger charge is 2.26. The third-order valence-electron chi connectivity index (χ3n) is 5.36. The Bertz CT molecular complexity index is 1180. The first-order chi connectivity index (χ1) is 14.3. The van der Waals surface area contributed by atoms with Crippen LogP contribution in [0.1, 0.15) is 18.4 Å². The molecule has 0 radical (unpaired) electrons. The molecule has 8 nitrogen and oxygen atoms in total. The average molecular weight is 434 g/mol. The Balaban J connectivity index is 1.82. The summed E-state index contributed by atoms with van der Waals surface area (Å²) in [5, 5.41) is 12.0. The number of hydrogen-bond donors (Lipinski definition) is 2. The van der Waals surface area contributed by atoms with E-state index in [-0.39, 0.29) is 18.1 Å². The molecule has 1 aliphatic rings. The van der Waals surface area contributed by atoms with Crippen molar-refractivity contribution in [2.45, 2.75) is 25.4 Å². The van der Waals surface area contributed by atoms with E-state index in [2.05, 4.69) is 10.3 Å². The summed E-state index contributed by atoms with van der Waals surface area (Å²) in [5.74, 6) is 0.306. The summed E-state index contributed by atoms with van der Waals surface area (Å²) in [5.41, 5.74) is 1.23. The first-order valence-electron chi connectivity index (χ1n) is 9.56. The average Bonchev–Trinajstić information content (AvgIpc) is 3.06. The molecule has 1 amide bonds. The lowest BCUT2D eigenvalue weighted by Crippen LogP contribution is -2.48. The monoisotopic (exact) mass is 433 g/mol. The minimum absolute atomic E-state index is 0.184. The summed E-state index contributed by atoms with van der Waals surface area (Å²) < 4.78 is 17.0. The molecule has 1 aromatic carbocycles. The maximum Gasteiger partial charge on any atom is 0.404 e. The summed E-state index contributed by atoms with van der Waals surface area (Å²) in [7, 11) is 1.62. The standard InChI is InChI=1S/C20H21ClFN5O3/c1-25-11-23-16-8-17(26-6-2-3-14(10-26)24-20(29)30)27(18(16)19(25)28)9-12-7-13(22)4-5-15(12)21/h4-5,7-8,11,14,24H,2-3,6,9-10H2,1H3,(H,29,30)/t14-/m1/s1. The molecule has 3 heterocycles. The van der Waals surface area contributed by atoms with Gasteiger partial charge in [0.05, 0.1) is 18.4 Å². The SMILES string of the molecule is Cn1cnc2cc(N3CCC[C@@H](NC(=O)O)C3)n(Cc3cc(F)ccc3Cl)c2c1=O. The van der Waals surface area contributed by atoms with Crippen LogP contribution in [0.3, 0.4) is 0 Å². The molecular formula is C20H21ClFN5O3. The maximum atomic E-state index is 13.8. The predicted molar refractivity (Wildman–Crippen MR) is 112 cm³/mol. The van der Waals surface area contributed by atoms with E-state index >= 15 is 0 Å². The van der Waals surface area contributed by atoms with Crippen molar-refractivity contribution in [3.05, 3.63) is 57.3 Å². The molecule has 1 saturated heterocycles. The Hall–Kier alpha value is -3.07. The first kappa shape index (κ1) is 20.2. The second-order valence-corrected chi connectivity index (χ2v) is 7.86. The molecule has 1 fully saturated rings. The molecule has 10 heteroatoms. The van der Waals surface area contributed by atoms with Gasteiger partial charge in [-0.3, -0.25) is 4.79 Å². The van der Waals surface area contributed by atoms with E-state index in [1.165, 1.54) is 29.1 Å². The quantitative estimate of drug-likeness (QED) is 0.660. The van der Waals surface area contributed by atoms with Crippen molar-refractivity contribution in [2.24, 2.45) is 7.05 Å². The third-order valence-corrected chi connectivity index (χ3v) is 5.73. The van der Waals surface area contributed by atoms with E-state index < -0.39 is 11.9 Å². The Morgan fingerprint density at radius 1 is 1.40 bits per heavy atom. The highest BCUT2D eigenvalue weighted by molar-refractivity contribution is 6.31. The molecule has 0 spiro atoms. The predicted octanol–water partition coefficient (Wildman–Crippen LogP) is 2.81. The Morgan fingerprint density at radius 2 is 2.20 bits per heavy atom. The highest BCUT2D eigenvalue weighted by atomic mass is 35.5. The summed E-state index contributed by atoms with van der Waals surface area (Å²) in [6, 6.07) is 5.71. The molecule has 158 valence electrons. The van der Waals surface area contributed by atoms with Crippen LogP contribution in [0.4, 0.5) is 15.0 Å². The van der Waals surface area contributed by atoms with E-state index in [0.29, 0.717) is 34.7 Å². The topological polar surface area (TPSA) is 92.4 Å². The minimum atomic E-state index is -1.07. The fourth-order valence-corrected chi connectivity index (χ4v) is 4.12. The Kier molecular flexibility index (Phi) is 5.38. The van der Waals surface area contributed by atoms with Crippen LogP contribution in [0.5, 0.6) is 0 Å². The number of halogens is 2. The first-order valence-corrected chi connectivity index (χ1v) is 9.94. The van der Waals surface area contributed by atoms with E-state index in [1.54, 1.807) is 11.6 Å². The molecule has 2 aromatic heterocycles. The number of nitrogens with one attached hydrogen (secondary N) is 1. The lowest BCUT2D eigenvalue weighted by Gasteiger charge is -2.34. The van der Waals surface area contributed by atoms with Crippen LogP contribution in [-0.2, 0) is 13.6 Å². The number of fused-ring (bicyclic) bond motifs is 1. The number of aryl methyl sites for hydroxylation is 1. The van der Waals surface area contributed by atoms with Gasteiger partial charge in [-0.15, -0.1) is 0 Å². The smallest absolute Gasteiger partial charge is 0.404 e. The lowest BCUT2D eigenvalue weighted by atomic mass is 10.1. The number of benzene rings is 1. The number of nitrogens with zero attached hydrogens (tertiary/aromatic N) is 4. The number of carboxylic acid groups (broad SMARTS) is 1. The van der Waals surface area contributed by atoms with Crippen molar-refractivity contribution in [3.63, 3.8) is 0 Å². The van der Waals surface area contributed by atoms with E-state index in [9.17, 15) is 14.0 Å². The summed E-state index contributed by atoms with van der Waals surface area (Å²) in [6.45, 7) is 1.34. The zero-order valence-corrected chi connectivity index (χ0v) is 17.1. The van der Waals surface area contributed by atoms with Gasteiger partial charge < -0.3 is 24.5 Å². The van der Waals surface area contributed by atoms with Gasteiger partial charge >= 0.3 is 6.09 Å². The molecule has 30 heavy (non-hydrogen) atoms. The molecular weight excluding hydrogens is 413 g/mol. The molecule has 0 bridgehead atoms. The second kappa shape index (κ2) is 7.98. The minimum Gasteiger partial charge on any atom is -0.465 e. The van der Waals surface area contributed by atoms with Gasteiger partial charge in [0.1, 0.15) is 17.2 Å². The molecule has 0 saturated carbocycles. The molecule has 0 unspecified atom stereocenters. The number of carbonyl (C=O) groups is 1. The Labute approximate surface area is 176 Å². The van der Waals surface area contributed by atoms with E-state index in [0.717, 1.165) is 18.7 Å². The van der Waals surface area contributed by atoms with Gasteiger partial charge in [-0.05, 0) is 36.6 Å². The van der Waals surface area contributed by atoms with Crippen LogP contribution in [0.25, 0.3) is 11.0 Å². The molecule has 4 rings (SSSR count). The normalized spacial score (nSPS) is 16.8. The summed E-state index contributed by atoms with van der Waals surface area (Å²) >= 11 is 6.29. The molecule has 1 aliphatic heterocycles. The largest absolute Gasteiger partial charge is 0.465 e. The number of amides is 1. The number of piperidine rings is 1. The Morgan fingerprint density at radius 3 is 2.97 bits per heavy atom. The van der Waals surface area contributed by atoms with Gasteiger partial charge in [-0.1, -0.05) is 11.6 Å². The van der Waals surface area contributed by atoms with Crippen LogP contribution < -0.4 is 15.8 Å². The zero-order valence-electron chi connectivity index (χ0n) is 16.3. The number of rotatable bonds is 4. The number of aromatic nitrogens is 3. The van der Waals surface area contributed by atoms with E-state index in [4.69, 9.17) is 16.7 Å². The van der Waals surface area contributed by atoms with Crippen molar-refractivity contribution < 1.29 is 14.3 Å². The number of hydrogen-bond acceptors (Lipinski definition) is 4. The third kappa shape index (κ3) is 3.85. The fraction of sp³-hybridized carbons (Fsp3) is 0.350. The summed E-state index contributed by atoms with van der Waals surface area (Å²) in [4.78, 5) is 30.3. The van der Waals surface area contributed by atoms with Crippen molar-refractivity contribution in [3.8, 4) is 0 Å². The molecule has 0 aliphatic carbocycles. The van der Waals surface area contributed by atoms with E-state index in [1.807, 2.05) is 11.0 Å². The molecule has 1 atom stereocenters. The van der Waals surface area contributed by atoms with Gasteiger partial charge in [0.2, 0.25) is 0 Å². The van der Waals surface area contributed by atoms with Gasteiger partial charge in [-0.2, -0.15) is 0 Å². The lowest BCUT2D eigenvalue weighted by molar-refractivity contribution is 0.188. The fourth-order valence-electron chi connectivity index (χ4n) is 3.95. The molecule has 2 N–H and O–H groups in total. The maximum absolute atomic E-state index is 13.8. The summed E-state index contributed by atoms with van der Waals surface area (Å²) in [6.07, 6.45) is 1.92. The highest BCUT2D eigenvalue weighted by Crippen LogP contribution is 2.29. The van der Waals surface area contributed by atoms with Gasteiger partial charge in [-0.25, -0.2) is 14.2 Å². The van der Waals surface area contributed by atoms with Gasteiger partial charge in [0, 0.05) is 37.3 Å². The van der Waals surface area contributed by atoms with Gasteiger partial charge in [0.15, 0.2) is 0 Å².